The highest BCUT2D eigenvalue weighted by molar-refractivity contribution is 7.44. The molecular formula is C33H49N6O6P. The fraction of sp³-hybridized carbons (Fsp3) is 0.606. The van der Waals surface area contributed by atoms with Gasteiger partial charge in [0.25, 0.3) is 14.2 Å². The molecule has 1 aliphatic rings. The van der Waals surface area contributed by atoms with Crippen molar-refractivity contribution in [1.82, 2.24) is 4.67 Å². The number of nitrogens with zero attached hydrogens (tertiary/aromatic N) is 6. The molecule has 1 aliphatic heterocycles. The molecule has 0 N–H and O–H groups in total. The van der Waals surface area contributed by atoms with Gasteiger partial charge in [0.05, 0.1) is 50.9 Å². The molecule has 0 bridgehead atoms. The molecule has 0 amide bonds. The lowest BCUT2D eigenvalue weighted by Crippen LogP contribution is -2.48. The fourth-order valence-corrected chi connectivity index (χ4v) is 7.59. The summed E-state index contributed by atoms with van der Waals surface area (Å²) in [5, 5.41) is 29.0. The summed E-state index contributed by atoms with van der Waals surface area (Å²) in [5.41, 5.74) is 3.08. The van der Waals surface area contributed by atoms with Gasteiger partial charge < -0.3 is 23.4 Å². The van der Waals surface area contributed by atoms with Crippen molar-refractivity contribution in [3.8, 4) is 17.6 Å². The van der Waals surface area contributed by atoms with E-state index in [2.05, 4.69) is 74.3 Å². The molecule has 46 heavy (non-hydrogen) atoms. The number of fused-ring (bicyclic) bond motifs is 1. The number of hydrogen-bond donors (Lipinski definition) is 0. The second-order valence-electron chi connectivity index (χ2n) is 12.6. The van der Waals surface area contributed by atoms with E-state index in [9.17, 15) is 10.1 Å². The summed E-state index contributed by atoms with van der Waals surface area (Å²) in [6.45, 7) is 17.1. The first-order chi connectivity index (χ1) is 21.8. The molecule has 0 aliphatic carbocycles. The van der Waals surface area contributed by atoms with Gasteiger partial charge in [0.1, 0.15) is 17.1 Å². The van der Waals surface area contributed by atoms with E-state index in [0.29, 0.717) is 36.8 Å². The van der Waals surface area contributed by atoms with Gasteiger partial charge in [-0.15, -0.1) is 10.2 Å². The topological polar surface area (TPSA) is 135 Å². The molecular weight excluding hydrogens is 607 g/mol. The predicted octanol–water partition coefficient (Wildman–Crippen LogP) is 9.19. The highest BCUT2D eigenvalue weighted by atomic mass is 31.2. The zero-order chi connectivity index (χ0) is 34.0. The fourth-order valence-electron chi connectivity index (χ4n) is 5.96. The summed E-state index contributed by atoms with van der Waals surface area (Å²) >= 11 is 0. The second kappa shape index (κ2) is 17.0. The standard InChI is InChI=1S/C33H49N6O6P/c1-23(2)38(24(3)4)46(45-18-12-15-34)44-17-11-10-16-37-30-21-32(43-9)29(20-27(30)25(5)22-33(37,6)7)36-35-28-14-13-26(39(40)41)19-31(28)42-8/h13-14,19-21,23-25H,10-12,16-18,22H2,1-9H3/b36-35+. The normalized spacial score (nSPS) is 16.6. The van der Waals surface area contributed by atoms with Crippen LogP contribution >= 0.6 is 8.53 Å². The van der Waals surface area contributed by atoms with Crippen LogP contribution in [0.1, 0.15) is 85.6 Å². The number of nitro groups is 1. The number of nitro benzene ring substituents is 1. The monoisotopic (exact) mass is 656 g/mol. The van der Waals surface area contributed by atoms with E-state index < -0.39 is 13.4 Å². The molecule has 12 nitrogen and oxygen atoms in total. The number of hydrogen-bond acceptors (Lipinski definition) is 11. The van der Waals surface area contributed by atoms with Crippen LogP contribution in [0.5, 0.6) is 11.5 Å². The number of azo groups is 1. The van der Waals surface area contributed by atoms with Crippen LogP contribution in [0, 0.1) is 21.4 Å². The van der Waals surface area contributed by atoms with Crippen molar-refractivity contribution < 1.29 is 23.4 Å². The summed E-state index contributed by atoms with van der Waals surface area (Å²) in [4.78, 5) is 13.1. The third-order valence-electron chi connectivity index (χ3n) is 7.97. The van der Waals surface area contributed by atoms with Gasteiger partial charge in [-0.1, -0.05) is 6.92 Å². The van der Waals surface area contributed by atoms with E-state index in [0.717, 1.165) is 31.5 Å². The highest BCUT2D eigenvalue weighted by Gasteiger charge is 2.37. The third kappa shape index (κ3) is 9.35. The van der Waals surface area contributed by atoms with Crippen LogP contribution in [0.15, 0.2) is 40.6 Å². The second-order valence-corrected chi connectivity index (χ2v) is 14.0. The molecule has 252 valence electrons. The van der Waals surface area contributed by atoms with Crippen molar-refractivity contribution in [1.29, 1.82) is 5.26 Å². The largest absolute Gasteiger partial charge is 0.494 e. The Kier molecular flexibility index (Phi) is 13.7. The molecule has 0 saturated heterocycles. The average Bonchev–Trinajstić information content (AvgIpc) is 2.99. The first-order valence-electron chi connectivity index (χ1n) is 15.8. The number of ether oxygens (including phenoxy) is 2. The number of anilines is 1. The Bertz CT molecular complexity index is 1390. The van der Waals surface area contributed by atoms with Crippen LogP contribution in [-0.2, 0) is 9.05 Å². The minimum atomic E-state index is -1.26. The lowest BCUT2D eigenvalue weighted by molar-refractivity contribution is -0.384. The van der Waals surface area contributed by atoms with Crippen molar-refractivity contribution in [2.45, 2.75) is 97.7 Å². The van der Waals surface area contributed by atoms with Gasteiger partial charge >= 0.3 is 0 Å². The number of methoxy groups -OCH3 is 2. The number of benzene rings is 2. The molecule has 2 aromatic rings. The van der Waals surface area contributed by atoms with Crippen LogP contribution in [0.2, 0.25) is 0 Å². The molecule has 2 aromatic carbocycles. The Balaban J connectivity index is 1.78. The number of rotatable bonds is 17. The maximum atomic E-state index is 11.2. The van der Waals surface area contributed by atoms with Crippen molar-refractivity contribution in [2.24, 2.45) is 10.2 Å². The Morgan fingerprint density at radius 2 is 1.67 bits per heavy atom. The quantitative estimate of drug-likeness (QED) is 0.0537. The van der Waals surface area contributed by atoms with E-state index in [4.69, 9.17) is 23.8 Å². The Morgan fingerprint density at radius 1 is 1.04 bits per heavy atom. The average molecular weight is 657 g/mol. The molecule has 0 saturated carbocycles. The van der Waals surface area contributed by atoms with Crippen molar-refractivity contribution in [3.63, 3.8) is 0 Å². The van der Waals surface area contributed by atoms with Crippen LogP contribution in [-0.4, -0.2) is 61.2 Å². The lowest BCUT2D eigenvalue weighted by Gasteiger charge is -2.48. The van der Waals surface area contributed by atoms with E-state index in [1.165, 1.54) is 30.9 Å². The van der Waals surface area contributed by atoms with Gasteiger partial charge in [0.2, 0.25) is 0 Å². The lowest BCUT2D eigenvalue weighted by atomic mass is 9.79. The third-order valence-corrected chi connectivity index (χ3v) is 10.1. The number of nitriles is 1. The van der Waals surface area contributed by atoms with E-state index in [1.807, 2.05) is 12.1 Å². The van der Waals surface area contributed by atoms with E-state index in [-0.39, 0.29) is 35.0 Å². The first-order valence-corrected chi connectivity index (χ1v) is 16.9. The van der Waals surface area contributed by atoms with Gasteiger partial charge in [0, 0.05) is 42.0 Å². The highest BCUT2D eigenvalue weighted by Crippen LogP contribution is 2.49. The molecule has 1 heterocycles. The van der Waals surface area contributed by atoms with Gasteiger partial charge in [-0.2, -0.15) is 5.26 Å². The molecule has 2 unspecified atom stereocenters. The van der Waals surface area contributed by atoms with Gasteiger partial charge in [-0.05, 0) is 84.4 Å². The molecule has 0 fully saturated rings. The Labute approximate surface area is 274 Å². The van der Waals surface area contributed by atoms with Gasteiger partial charge in [-0.3, -0.25) is 10.1 Å². The molecule has 2 atom stereocenters. The molecule has 0 aromatic heterocycles. The number of unbranched alkanes of at least 4 members (excludes halogenated alkanes) is 1. The minimum Gasteiger partial charge on any atom is -0.494 e. The summed E-state index contributed by atoms with van der Waals surface area (Å²) in [6, 6.07) is 11.0. The van der Waals surface area contributed by atoms with Crippen LogP contribution in [0.25, 0.3) is 0 Å². The Morgan fingerprint density at radius 3 is 2.28 bits per heavy atom. The van der Waals surface area contributed by atoms with Gasteiger partial charge in [0.15, 0.2) is 5.75 Å². The zero-order valence-corrected chi connectivity index (χ0v) is 29.5. The maximum Gasteiger partial charge on any atom is 0.273 e. The van der Waals surface area contributed by atoms with Crippen molar-refractivity contribution in [2.75, 3.05) is 38.9 Å². The molecule has 13 heteroatoms. The minimum absolute atomic E-state index is 0.0768. The van der Waals surface area contributed by atoms with Crippen molar-refractivity contribution >= 4 is 31.3 Å². The van der Waals surface area contributed by atoms with Crippen LogP contribution in [0.3, 0.4) is 0 Å². The summed E-state index contributed by atoms with van der Waals surface area (Å²) in [5.74, 6) is 1.14. The first kappa shape index (κ1) is 37.1. The molecule has 0 spiro atoms. The van der Waals surface area contributed by atoms with Gasteiger partial charge in [-0.25, -0.2) is 4.67 Å². The van der Waals surface area contributed by atoms with Crippen LogP contribution in [0.4, 0.5) is 22.7 Å². The number of non-ortho nitro benzene ring substituents is 1. The molecule has 0 radical (unpaired) electrons. The SMILES string of the molecule is COc1cc([N+](=O)[O-])ccc1/N=N/c1cc2c(cc1OC)N(CCCCOP(OCCC#N)N(C(C)C)C(C)C)C(C)(C)CC2C. The van der Waals surface area contributed by atoms with Crippen LogP contribution < -0.4 is 14.4 Å². The maximum absolute atomic E-state index is 11.2. The Hall–Kier alpha value is -3.36. The smallest absolute Gasteiger partial charge is 0.273 e. The van der Waals surface area contributed by atoms with E-state index in [1.54, 1.807) is 7.11 Å². The summed E-state index contributed by atoms with van der Waals surface area (Å²) < 4.78 is 25.7. The summed E-state index contributed by atoms with van der Waals surface area (Å²) in [6.07, 6.45) is 3.09. The van der Waals surface area contributed by atoms with Crippen molar-refractivity contribution in [3.05, 3.63) is 46.0 Å². The van der Waals surface area contributed by atoms with E-state index >= 15 is 0 Å². The predicted molar refractivity (Wildman–Crippen MR) is 182 cm³/mol. The zero-order valence-electron chi connectivity index (χ0n) is 28.6. The summed E-state index contributed by atoms with van der Waals surface area (Å²) in [7, 11) is 1.80. The molecule has 3 rings (SSSR count).